The van der Waals surface area contributed by atoms with Crippen molar-refractivity contribution in [2.45, 2.75) is 6.36 Å². The van der Waals surface area contributed by atoms with E-state index in [4.69, 9.17) is 0 Å². The molecule has 2 heterocycles. The zero-order valence-corrected chi connectivity index (χ0v) is 15.6. The third kappa shape index (κ3) is 3.95. The first kappa shape index (κ1) is 19.4. The average Bonchev–Trinajstić information content (AvgIpc) is 3.15. The second kappa shape index (κ2) is 7.51. The summed E-state index contributed by atoms with van der Waals surface area (Å²) in [5, 5.41) is 7.14. The van der Waals surface area contributed by atoms with Gasteiger partial charge in [0.1, 0.15) is 5.75 Å². The van der Waals surface area contributed by atoms with Crippen LogP contribution >= 0.6 is 0 Å². The van der Waals surface area contributed by atoms with Crippen LogP contribution in [0.5, 0.6) is 5.75 Å². The summed E-state index contributed by atoms with van der Waals surface area (Å²) in [6.07, 6.45) is -3.25. The van der Waals surface area contributed by atoms with Crippen LogP contribution < -0.4 is 10.1 Å². The van der Waals surface area contributed by atoms with E-state index >= 15 is 0 Å². The van der Waals surface area contributed by atoms with Crippen LogP contribution in [0.4, 0.5) is 13.2 Å². The second-order valence-electron chi connectivity index (χ2n) is 6.37. The van der Waals surface area contributed by atoms with Crippen molar-refractivity contribution in [2.75, 3.05) is 7.05 Å². The molecular weight excluding hydrogens is 397 g/mol. The normalized spacial score (nSPS) is 11.5. The number of amides is 1. The number of ether oxygens (including phenoxy) is 1. The predicted octanol–water partition coefficient (Wildman–Crippen LogP) is 4.32. The molecule has 0 saturated carbocycles. The van der Waals surface area contributed by atoms with Crippen LogP contribution in [0.2, 0.25) is 0 Å². The molecule has 0 fully saturated rings. The zero-order valence-electron chi connectivity index (χ0n) is 15.6. The number of aromatic nitrogens is 3. The second-order valence-corrected chi connectivity index (χ2v) is 6.37. The maximum atomic E-state index is 12.5. The summed E-state index contributed by atoms with van der Waals surface area (Å²) in [6.45, 7) is 0. The van der Waals surface area contributed by atoms with E-state index in [9.17, 15) is 18.0 Å². The Bertz CT molecular complexity index is 1230. The largest absolute Gasteiger partial charge is 0.573 e. The molecule has 6 nitrogen and oxygen atoms in total. The van der Waals surface area contributed by atoms with Crippen molar-refractivity contribution in [2.24, 2.45) is 0 Å². The summed E-state index contributed by atoms with van der Waals surface area (Å²) in [5.74, 6) is -0.549. The van der Waals surface area contributed by atoms with Crippen molar-refractivity contribution >= 4 is 11.6 Å². The molecule has 0 spiro atoms. The smallest absolute Gasteiger partial charge is 0.406 e. The van der Waals surface area contributed by atoms with E-state index in [2.05, 4.69) is 20.1 Å². The van der Waals surface area contributed by atoms with Crippen molar-refractivity contribution in [3.05, 3.63) is 72.4 Å². The van der Waals surface area contributed by atoms with Gasteiger partial charge in [0.2, 0.25) is 0 Å². The molecule has 0 radical (unpaired) electrons. The van der Waals surface area contributed by atoms with Gasteiger partial charge in [0.15, 0.2) is 5.65 Å². The van der Waals surface area contributed by atoms with Crippen LogP contribution in [-0.4, -0.2) is 33.9 Å². The molecule has 0 unspecified atom stereocenters. The van der Waals surface area contributed by atoms with Crippen molar-refractivity contribution < 1.29 is 22.7 Å². The van der Waals surface area contributed by atoms with Gasteiger partial charge >= 0.3 is 6.36 Å². The highest BCUT2D eigenvalue weighted by Crippen LogP contribution is 2.29. The maximum absolute atomic E-state index is 12.5. The van der Waals surface area contributed by atoms with E-state index in [-0.39, 0.29) is 11.7 Å². The van der Waals surface area contributed by atoms with Crippen LogP contribution in [0.25, 0.3) is 28.2 Å². The summed E-state index contributed by atoms with van der Waals surface area (Å²) < 4.78 is 43.2. The van der Waals surface area contributed by atoms with Gasteiger partial charge in [0.25, 0.3) is 5.91 Å². The molecule has 0 saturated heterocycles. The van der Waals surface area contributed by atoms with Gasteiger partial charge in [-0.2, -0.15) is 5.10 Å². The highest BCUT2D eigenvalue weighted by molar-refractivity contribution is 5.95. The summed E-state index contributed by atoms with van der Waals surface area (Å²) >= 11 is 0. The number of halogens is 3. The lowest BCUT2D eigenvalue weighted by Crippen LogP contribution is -2.17. The molecule has 1 N–H and O–H groups in total. The molecule has 4 aromatic rings. The molecule has 30 heavy (non-hydrogen) atoms. The van der Waals surface area contributed by atoms with E-state index in [0.29, 0.717) is 33.7 Å². The Morgan fingerprint density at radius 1 is 1.03 bits per heavy atom. The van der Waals surface area contributed by atoms with Gasteiger partial charge in [-0.1, -0.05) is 24.3 Å². The number of nitrogens with one attached hydrogen (secondary N) is 1. The topological polar surface area (TPSA) is 68.5 Å². The summed E-state index contributed by atoms with van der Waals surface area (Å²) in [7, 11) is 1.55. The fourth-order valence-electron chi connectivity index (χ4n) is 3.04. The molecule has 1 amide bonds. The number of hydrogen-bond donors (Lipinski definition) is 1. The van der Waals surface area contributed by atoms with Gasteiger partial charge in [-0.3, -0.25) is 4.79 Å². The fourth-order valence-corrected chi connectivity index (χ4v) is 3.04. The highest BCUT2D eigenvalue weighted by atomic mass is 19.4. The third-order valence-corrected chi connectivity index (χ3v) is 4.37. The van der Waals surface area contributed by atoms with Gasteiger partial charge in [-0.15, -0.1) is 13.2 Å². The molecule has 4 rings (SSSR count). The molecule has 0 aliphatic rings. The Kier molecular flexibility index (Phi) is 4.86. The number of imidazole rings is 1. The summed E-state index contributed by atoms with van der Waals surface area (Å²) in [4.78, 5) is 16.2. The standard InChI is InChI=1S/C21H15F3N4O2/c1-25-20(29)15-6-2-4-13(10-15)17-8-9-19-26-12-18(28(19)27-17)14-5-3-7-16(11-14)30-21(22,23)24/h2-12H,1H3,(H,25,29). The lowest BCUT2D eigenvalue weighted by atomic mass is 10.1. The van der Waals surface area contributed by atoms with Crippen LogP contribution in [0.15, 0.2) is 66.9 Å². The molecule has 0 atom stereocenters. The molecular formula is C21H15F3N4O2. The minimum atomic E-state index is -4.78. The minimum absolute atomic E-state index is 0.220. The molecule has 9 heteroatoms. The zero-order chi connectivity index (χ0) is 21.3. The quantitative estimate of drug-likeness (QED) is 0.542. The number of hydrogen-bond acceptors (Lipinski definition) is 4. The van der Waals surface area contributed by atoms with Gasteiger partial charge in [-0.05, 0) is 36.4 Å². The lowest BCUT2D eigenvalue weighted by Gasteiger charge is -2.10. The van der Waals surface area contributed by atoms with Crippen LogP contribution in [0.3, 0.4) is 0 Å². The van der Waals surface area contributed by atoms with E-state index in [1.165, 1.54) is 28.9 Å². The number of carbonyl (C=O) groups excluding carboxylic acids is 1. The number of alkyl halides is 3. The number of carbonyl (C=O) groups is 1. The molecule has 0 aliphatic carbocycles. The van der Waals surface area contributed by atoms with Gasteiger partial charge in [0.05, 0.1) is 17.6 Å². The van der Waals surface area contributed by atoms with E-state index < -0.39 is 6.36 Å². The minimum Gasteiger partial charge on any atom is -0.406 e. The number of benzene rings is 2. The third-order valence-electron chi connectivity index (χ3n) is 4.37. The molecule has 2 aromatic carbocycles. The SMILES string of the molecule is CNC(=O)c1cccc(-c2ccc3ncc(-c4cccc(OC(F)(F)F)c4)n3n2)c1. The molecule has 2 aromatic heterocycles. The highest BCUT2D eigenvalue weighted by Gasteiger charge is 2.31. The first-order valence-corrected chi connectivity index (χ1v) is 8.87. The van der Waals surface area contributed by atoms with Crippen LogP contribution in [0, 0.1) is 0 Å². The lowest BCUT2D eigenvalue weighted by molar-refractivity contribution is -0.274. The number of rotatable bonds is 4. The van der Waals surface area contributed by atoms with Crippen LogP contribution in [-0.2, 0) is 0 Å². The van der Waals surface area contributed by atoms with Crippen molar-refractivity contribution in [1.29, 1.82) is 0 Å². The molecule has 0 aliphatic heterocycles. The Labute approximate surface area is 168 Å². The number of nitrogens with zero attached hydrogens (tertiary/aromatic N) is 3. The molecule has 0 bridgehead atoms. The van der Waals surface area contributed by atoms with Gasteiger partial charge < -0.3 is 10.1 Å². The average molecular weight is 412 g/mol. The Hall–Kier alpha value is -3.88. The first-order valence-electron chi connectivity index (χ1n) is 8.87. The Morgan fingerprint density at radius 3 is 2.57 bits per heavy atom. The van der Waals surface area contributed by atoms with E-state index in [1.807, 2.05) is 6.07 Å². The molecule has 152 valence electrons. The Balaban J connectivity index is 1.76. The number of fused-ring (bicyclic) bond motifs is 1. The van der Waals surface area contributed by atoms with Crippen molar-refractivity contribution in [1.82, 2.24) is 19.9 Å². The summed E-state index contributed by atoms with van der Waals surface area (Å²) in [6, 6.07) is 16.1. The van der Waals surface area contributed by atoms with E-state index in [0.717, 1.165) is 0 Å². The summed E-state index contributed by atoms with van der Waals surface area (Å²) in [5.41, 5.74) is 3.27. The maximum Gasteiger partial charge on any atom is 0.573 e. The first-order chi connectivity index (χ1) is 14.3. The Morgan fingerprint density at radius 2 is 1.80 bits per heavy atom. The monoisotopic (exact) mass is 412 g/mol. The predicted molar refractivity (Wildman–Crippen MR) is 104 cm³/mol. The van der Waals surface area contributed by atoms with Gasteiger partial charge in [0, 0.05) is 23.7 Å². The van der Waals surface area contributed by atoms with E-state index in [1.54, 1.807) is 43.4 Å². The van der Waals surface area contributed by atoms with Crippen LogP contribution in [0.1, 0.15) is 10.4 Å². The van der Waals surface area contributed by atoms with Crippen molar-refractivity contribution in [3.8, 4) is 28.3 Å². The van der Waals surface area contributed by atoms with Gasteiger partial charge in [-0.25, -0.2) is 9.50 Å². The van der Waals surface area contributed by atoms with Crippen molar-refractivity contribution in [3.63, 3.8) is 0 Å². The fraction of sp³-hybridized carbons (Fsp3) is 0.0952.